The lowest BCUT2D eigenvalue weighted by molar-refractivity contribution is -0.122. The third-order valence-electron chi connectivity index (χ3n) is 5.52. The summed E-state index contributed by atoms with van der Waals surface area (Å²) < 4.78 is 1.24. The number of rotatable bonds is 6. The highest BCUT2D eigenvalue weighted by Crippen LogP contribution is 2.42. The molecule has 27 heavy (non-hydrogen) atoms. The highest BCUT2D eigenvalue weighted by molar-refractivity contribution is 7.98. The van der Waals surface area contributed by atoms with Crippen molar-refractivity contribution in [2.24, 2.45) is 17.8 Å². The van der Waals surface area contributed by atoms with E-state index in [1.807, 2.05) is 30.5 Å². The number of amides is 1. The number of thioether (sulfide) groups is 1. The molecule has 2 bridgehead atoms. The summed E-state index contributed by atoms with van der Waals surface area (Å²) in [4.78, 5) is 25.6. The lowest BCUT2D eigenvalue weighted by atomic mass is 9.94. The maximum absolute atomic E-state index is 12.3. The van der Waals surface area contributed by atoms with Crippen LogP contribution in [0.25, 0.3) is 11.3 Å². The molecule has 140 valence electrons. The highest BCUT2D eigenvalue weighted by Gasteiger charge is 2.35. The quantitative estimate of drug-likeness (QED) is 0.617. The maximum Gasteiger partial charge on any atom is 0.267 e. The molecule has 5 nitrogen and oxygen atoms in total. The van der Waals surface area contributed by atoms with E-state index in [-0.39, 0.29) is 18.0 Å². The third kappa shape index (κ3) is 4.00. The average Bonchev–Trinajstić information content (AvgIpc) is 3.31. The molecule has 1 heterocycles. The van der Waals surface area contributed by atoms with Crippen LogP contribution in [0, 0.1) is 17.8 Å². The summed E-state index contributed by atoms with van der Waals surface area (Å²) >= 11 is 1.67. The number of fused-ring (bicyclic) bond motifs is 2. The smallest absolute Gasteiger partial charge is 0.267 e. The van der Waals surface area contributed by atoms with Crippen molar-refractivity contribution in [2.45, 2.75) is 24.3 Å². The lowest BCUT2D eigenvalue weighted by Crippen LogP contribution is -2.36. The number of carbonyl (C=O) groups excluding carboxylic acids is 1. The topological polar surface area (TPSA) is 64.0 Å². The molecule has 1 N–H and O–H groups in total. The van der Waals surface area contributed by atoms with Gasteiger partial charge in [-0.2, -0.15) is 5.10 Å². The molecule has 1 fully saturated rings. The van der Waals surface area contributed by atoms with E-state index in [2.05, 4.69) is 22.6 Å². The van der Waals surface area contributed by atoms with Crippen molar-refractivity contribution in [2.75, 3.05) is 12.8 Å². The van der Waals surface area contributed by atoms with Crippen molar-refractivity contribution in [3.63, 3.8) is 0 Å². The first-order valence-corrected chi connectivity index (χ1v) is 10.5. The lowest BCUT2D eigenvalue weighted by Gasteiger charge is -2.18. The van der Waals surface area contributed by atoms with Crippen molar-refractivity contribution in [3.05, 3.63) is 58.9 Å². The van der Waals surface area contributed by atoms with Gasteiger partial charge in [0.1, 0.15) is 6.54 Å². The minimum absolute atomic E-state index is 0.0494. The molecule has 0 saturated heterocycles. The number of hydrogen-bond donors (Lipinski definition) is 1. The fourth-order valence-electron chi connectivity index (χ4n) is 4.04. The Hall–Kier alpha value is -2.34. The van der Waals surface area contributed by atoms with Crippen LogP contribution in [0.3, 0.4) is 0 Å². The second-order valence-electron chi connectivity index (χ2n) is 7.29. The summed E-state index contributed by atoms with van der Waals surface area (Å²) in [5.74, 6) is 1.65. The summed E-state index contributed by atoms with van der Waals surface area (Å²) in [6, 6.07) is 11.2. The van der Waals surface area contributed by atoms with Gasteiger partial charge in [-0.1, -0.05) is 24.3 Å². The number of allylic oxidation sites excluding steroid dienone is 2. The molecule has 6 heteroatoms. The average molecular weight is 382 g/mol. The third-order valence-corrected chi connectivity index (χ3v) is 6.27. The Labute approximate surface area is 162 Å². The Bertz CT molecular complexity index is 920. The van der Waals surface area contributed by atoms with Gasteiger partial charge in [-0.3, -0.25) is 9.59 Å². The molecule has 3 atom stereocenters. The summed E-state index contributed by atoms with van der Waals surface area (Å²) in [5, 5.41) is 7.37. The molecule has 2 aliphatic carbocycles. The van der Waals surface area contributed by atoms with Gasteiger partial charge in [-0.25, -0.2) is 4.68 Å². The number of aromatic nitrogens is 2. The van der Waals surface area contributed by atoms with Crippen molar-refractivity contribution in [1.82, 2.24) is 15.1 Å². The zero-order valence-electron chi connectivity index (χ0n) is 15.3. The van der Waals surface area contributed by atoms with Crippen LogP contribution in [0.4, 0.5) is 0 Å². The van der Waals surface area contributed by atoms with Crippen molar-refractivity contribution in [3.8, 4) is 11.3 Å². The fraction of sp³-hybridized carbons (Fsp3) is 0.381. The standard InChI is InChI=1S/C21H23N3O2S/c1-27-18-6-4-15(5-7-18)19-8-9-21(26)24(23-19)13-20(25)22-12-17-11-14-2-3-16(17)10-14/h2-9,14,16-17H,10-13H2,1H3,(H,22,25)/t14-,16-,17-/m0/s1. The van der Waals surface area contributed by atoms with E-state index in [0.29, 0.717) is 30.0 Å². The van der Waals surface area contributed by atoms with Gasteiger partial charge in [0.05, 0.1) is 5.69 Å². The van der Waals surface area contributed by atoms with E-state index in [9.17, 15) is 9.59 Å². The molecular weight excluding hydrogens is 358 g/mol. The van der Waals surface area contributed by atoms with Crippen LogP contribution >= 0.6 is 11.8 Å². The molecule has 1 aromatic carbocycles. The first kappa shape index (κ1) is 18.0. The van der Waals surface area contributed by atoms with Gasteiger partial charge in [0, 0.05) is 23.1 Å². The molecule has 4 rings (SSSR count). The summed E-state index contributed by atoms with van der Waals surface area (Å²) in [6.07, 6.45) is 8.98. The van der Waals surface area contributed by atoms with E-state index < -0.39 is 0 Å². The van der Waals surface area contributed by atoms with Gasteiger partial charge in [0.25, 0.3) is 5.56 Å². The molecule has 0 radical (unpaired) electrons. The summed E-state index contributed by atoms with van der Waals surface area (Å²) in [5.41, 5.74) is 1.35. The molecule has 0 unspecified atom stereocenters. The Balaban J connectivity index is 1.41. The number of benzene rings is 1. The molecule has 1 saturated carbocycles. The first-order valence-electron chi connectivity index (χ1n) is 9.30. The van der Waals surface area contributed by atoms with E-state index in [0.717, 1.165) is 12.0 Å². The highest BCUT2D eigenvalue weighted by atomic mass is 32.2. The van der Waals surface area contributed by atoms with Crippen LogP contribution in [0.2, 0.25) is 0 Å². The van der Waals surface area contributed by atoms with Crippen LogP contribution in [-0.2, 0) is 11.3 Å². The van der Waals surface area contributed by atoms with Crippen LogP contribution < -0.4 is 10.9 Å². The number of carbonyl (C=O) groups is 1. The second kappa shape index (κ2) is 7.72. The van der Waals surface area contributed by atoms with E-state index in [4.69, 9.17) is 0 Å². The number of nitrogens with zero attached hydrogens (tertiary/aromatic N) is 2. The minimum atomic E-state index is -0.266. The van der Waals surface area contributed by atoms with Crippen molar-refractivity contribution < 1.29 is 4.79 Å². The first-order chi connectivity index (χ1) is 13.1. The van der Waals surface area contributed by atoms with Gasteiger partial charge >= 0.3 is 0 Å². The van der Waals surface area contributed by atoms with E-state index >= 15 is 0 Å². The fourth-order valence-corrected chi connectivity index (χ4v) is 4.45. The molecule has 1 amide bonds. The van der Waals surface area contributed by atoms with Gasteiger partial charge in [0.15, 0.2) is 0 Å². The van der Waals surface area contributed by atoms with Gasteiger partial charge in [-0.15, -0.1) is 11.8 Å². The van der Waals surface area contributed by atoms with Crippen molar-refractivity contribution >= 4 is 17.7 Å². The van der Waals surface area contributed by atoms with Gasteiger partial charge < -0.3 is 5.32 Å². The van der Waals surface area contributed by atoms with Crippen LogP contribution in [0.5, 0.6) is 0 Å². The second-order valence-corrected chi connectivity index (χ2v) is 8.17. The Morgan fingerprint density at radius 1 is 1.19 bits per heavy atom. The van der Waals surface area contributed by atoms with Crippen LogP contribution in [0.1, 0.15) is 12.8 Å². The summed E-state index contributed by atoms with van der Waals surface area (Å²) in [7, 11) is 0. The predicted octanol–water partition coefficient (Wildman–Crippen LogP) is 2.96. The Morgan fingerprint density at radius 3 is 2.67 bits per heavy atom. The Kier molecular flexibility index (Phi) is 5.16. The normalized spacial score (nSPS) is 22.9. The molecule has 2 aromatic rings. The molecular formula is C21H23N3O2S. The monoisotopic (exact) mass is 381 g/mol. The largest absolute Gasteiger partial charge is 0.354 e. The SMILES string of the molecule is CSc1ccc(-c2ccc(=O)n(CC(=O)NC[C@@H]3C[C@H]4C=C[C@H]3C4)n2)cc1. The number of nitrogens with one attached hydrogen (secondary N) is 1. The molecule has 2 aliphatic rings. The van der Waals surface area contributed by atoms with E-state index in [1.165, 1.54) is 22.1 Å². The Morgan fingerprint density at radius 2 is 2.00 bits per heavy atom. The summed E-state index contributed by atoms with van der Waals surface area (Å²) in [6.45, 7) is 0.626. The minimum Gasteiger partial charge on any atom is -0.354 e. The maximum atomic E-state index is 12.3. The zero-order chi connectivity index (χ0) is 18.8. The van der Waals surface area contributed by atoms with Crippen LogP contribution in [0.15, 0.2) is 58.2 Å². The molecule has 0 spiro atoms. The van der Waals surface area contributed by atoms with Crippen LogP contribution in [-0.4, -0.2) is 28.5 Å². The van der Waals surface area contributed by atoms with Crippen molar-refractivity contribution in [1.29, 1.82) is 0 Å². The molecule has 1 aromatic heterocycles. The van der Waals surface area contributed by atoms with Gasteiger partial charge in [-0.05, 0) is 55.1 Å². The van der Waals surface area contributed by atoms with E-state index in [1.54, 1.807) is 17.8 Å². The molecule has 0 aliphatic heterocycles. The predicted molar refractivity (Wildman–Crippen MR) is 108 cm³/mol. The zero-order valence-corrected chi connectivity index (χ0v) is 16.1. The van der Waals surface area contributed by atoms with Gasteiger partial charge in [0.2, 0.25) is 5.91 Å². The number of hydrogen-bond acceptors (Lipinski definition) is 4.